The first kappa shape index (κ1) is 16.1. The Bertz CT molecular complexity index is 491. The summed E-state index contributed by atoms with van der Waals surface area (Å²) < 4.78 is 40.2. The lowest BCUT2D eigenvalue weighted by atomic mass is 10.0. The predicted molar refractivity (Wildman–Crippen MR) is 76.3 cm³/mol. The van der Waals surface area contributed by atoms with Gasteiger partial charge in [-0.2, -0.15) is 18.3 Å². The minimum Gasteiger partial charge on any atom is -0.345 e. The van der Waals surface area contributed by atoms with Gasteiger partial charge in [0.25, 0.3) is 0 Å². The van der Waals surface area contributed by atoms with Crippen LogP contribution in [0.1, 0.15) is 37.4 Å². The van der Waals surface area contributed by atoms with Crippen molar-refractivity contribution >= 4 is 5.82 Å². The highest BCUT2D eigenvalue weighted by Gasteiger charge is 2.40. The smallest absolute Gasteiger partial charge is 0.345 e. The summed E-state index contributed by atoms with van der Waals surface area (Å²) in [4.78, 5) is 1.46. The van der Waals surface area contributed by atoms with Gasteiger partial charge >= 0.3 is 6.18 Å². The van der Waals surface area contributed by atoms with Crippen molar-refractivity contribution in [2.75, 3.05) is 11.4 Å². The topological polar surface area (TPSA) is 47.1 Å². The minimum atomic E-state index is -4.22. The van der Waals surface area contributed by atoms with Crippen LogP contribution in [0.15, 0.2) is 0 Å². The zero-order valence-electron chi connectivity index (χ0n) is 12.7. The molecular formula is C14H23F3N4. The van der Waals surface area contributed by atoms with Crippen molar-refractivity contribution in [2.24, 2.45) is 12.8 Å². The van der Waals surface area contributed by atoms with Crippen molar-refractivity contribution in [2.45, 2.75) is 57.8 Å². The number of nitrogens with zero attached hydrogens (tertiary/aromatic N) is 3. The summed E-state index contributed by atoms with van der Waals surface area (Å²) in [5, 5.41) is 4.31. The highest BCUT2D eigenvalue weighted by Crippen LogP contribution is 2.37. The summed E-state index contributed by atoms with van der Waals surface area (Å²) in [5.41, 5.74) is 7.61. The molecule has 1 saturated carbocycles. The quantitative estimate of drug-likeness (QED) is 0.878. The molecule has 120 valence electrons. The van der Waals surface area contributed by atoms with Gasteiger partial charge < -0.3 is 10.6 Å². The fourth-order valence-corrected chi connectivity index (χ4v) is 2.65. The Hall–Kier alpha value is -1.24. The SMILES string of the molecule is CCC(N)Cc1c(C)nn(C)c1N(CC(F)(F)F)C1CC1. The Morgan fingerprint density at radius 2 is 2.05 bits per heavy atom. The number of hydrogen-bond donors (Lipinski definition) is 1. The van der Waals surface area contributed by atoms with E-state index in [4.69, 9.17) is 5.73 Å². The first-order chi connectivity index (χ1) is 9.73. The van der Waals surface area contributed by atoms with Crippen molar-refractivity contribution < 1.29 is 13.2 Å². The van der Waals surface area contributed by atoms with Crippen LogP contribution in [-0.2, 0) is 13.5 Å². The lowest BCUT2D eigenvalue weighted by Gasteiger charge is -2.27. The van der Waals surface area contributed by atoms with E-state index in [2.05, 4.69) is 5.10 Å². The number of alkyl halides is 3. The number of aryl methyl sites for hydroxylation is 2. The molecule has 1 unspecified atom stereocenters. The average molecular weight is 304 g/mol. The van der Waals surface area contributed by atoms with E-state index in [1.165, 1.54) is 4.90 Å². The third kappa shape index (κ3) is 3.90. The second kappa shape index (κ2) is 5.87. The summed E-state index contributed by atoms with van der Waals surface area (Å²) in [6, 6.07) is -0.0865. The highest BCUT2D eigenvalue weighted by molar-refractivity contribution is 5.52. The number of halogens is 3. The monoisotopic (exact) mass is 304 g/mol. The molecule has 2 rings (SSSR count). The molecule has 21 heavy (non-hydrogen) atoms. The van der Waals surface area contributed by atoms with Crippen LogP contribution in [0.2, 0.25) is 0 Å². The third-order valence-corrected chi connectivity index (χ3v) is 3.91. The zero-order valence-corrected chi connectivity index (χ0v) is 12.7. The lowest BCUT2D eigenvalue weighted by molar-refractivity contribution is -0.120. The fraction of sp³-hybridized carbons (Fsp3) is 0.786. The maximum absolute atomic E-state index is 12.9. The number of hydrogen-bond acceptors (Lipinski definition) is 3. The van der Waals surface area contributed by atoms with Crippen molar-refractivity contribution in [3.63, 3.8) is 0 Å². The standard InChI is InChI=1S/C14H23F3N4/c1-4-10(18)7-12-9(2)19-20(3)13(12)21(11-5-6-11)8-14(15,16)17/h10-11H,4-8,18H2,1-3H3. The molecule has 7 heteroatoms. The van der Waals surface area contributed by atoms with Crippen molar-refractivity contribution in [3.05, 3.63) is 11.3 Å². The van der Waals surface area contributed by atoms with Gasteiger partial charge in [0.15, 0.2) is 0 Å². The van der Waals surface area contributed by atoms with E-state index in [0.717, 1.165) is 30.5 Å². The molecule has 1 heterocycles. The second-order valence-electron chi connectivity index (χ2n) is 5.86. The number of nitrogens with two attached hydrogens (primary N) is 1. The molecule has 0 radical (unpaired) electrons. The molecule has 1 atom stereocenters. The average Bonchev–Trinajstić information content (AvgIpc) is 3.15. The van der Waals surface area contributed by atoms with Crippen LogP contribution in [-0.4, -0.2) is 34.6 Å². The van der Waals surface area contributed by atoms with Gasteiger partial charge in [0, 0.05) is 24.7 Å². The largest absolute Gasteiger partial charge is 0.405 e. The molecule has 0 aliphatic heterocycles. The second-order valence-corrected chi connectivity index (χ2v) is 5.86. The van der Waals surface area contributed by atoms with Gasteiger partial charge in [0.2, 0.25) is 0 Å². The molecule has 4 nitrogen and oxygen atoms in total. The molecular weight excluding hydrogens is 281 g/mol. The third-order valence-electron chi connectivity index (χ3n) is 3.91. The maximum atomic E-state index is 12.9. The van der Waals surface area contributed by atoms with Crippen LogP contribution in [0.5, 0.6) is 0 Å². The first-order valence-electron chi connectivity index (χ1n) is 7.34. The summed E-state index contributed by atoms with van der Waals surface area (Å²) >= 11 is 0. The Kier molecular flexibility index (Phi) is 4.51. The highest BCUT2D eigenvalue weighted by atomic mass is 19.4. The summed E-state index contributed by atoms with van der Waals surface area (Å²) in [5.74, 6) is 0.580. The number of rotatable bonds is 6. The molecule has 1 aromatic rings. The molecule has 1 aliphatic rings. The summed E-state index contributed by atoms with van der Waals surface area (Å²) in [7, 11) is 1.70. The lowest BCUT2D eigenvalue weighted by Crippen LogP contribution is -2.38. The van der Waals surface area contributed by atoms with Crippen LogP contribution in [0.4, 0.5) is 19.0 Å². The maximum Gasteiger partial charge on any atom is 0.405 e. The van der Waals surface area contributed by atoms with Crippen LogP contribution in [0.25, 0.3) is 0 Å². The van der Waals surface area contributed by atoms with Crippen LogP contribution in [0, 0.1) is 6.92 Å². The Morgan fingerprint density at radius 1 is 1.43 bits per heavy atom. The van der Waals surface area contributed by atoms with Gasteiger partial charge in [-0.3, -0.25) is 4.68 Å². The van der Waals surface area contributed by atoms with Crippen molar-refractivity contribution in [1.82, 2.24) is 9.78 Å². The Balaban J connectivity index is 2.35. The van der Waals surface area contributed by atoms with Crippen molar-refractivity contribution in [3.8, 4) is 0 Å². The molecule has 1 aliphatic carbocycles. The summed E-state index contributed by atoms with van der Waals surface area (Å²) in [6.45, 7) is 2.88. The van der Waals surface area contributed by atoms with Crippen molar-refractivity contribution in [1.29, 1.82) is 0 Å². The van der Waals surface area contributed by atoms with Gasteiger partial charge in [-0.05, 0) is 32.6 Å². The normalized spacial score (nSPS) is 17.1. The van der Waals surface area contributed by atoms with E-state index in [-0.39, 0.29) is 12.1 Å². The molecule has 2 N–H and O–H groups in total. The molecule has 0 aromatic carbocycles. The van der Waals surface area contributed by atoms with E-state index in [0.29, 0.717) is 12.2 Å². The van der Waals surface area contributed by atoms with Gasteiger partial charge in [-0.25, -0.2) is 0 Å². The van der Waals surface area contributed by atoms with E-state index < -0.39 is 12.7 Å². The molecule has 0 amide bonds. The molecule has 0 bridgehead atoms. The molecule has 0 spiro atoms. The zero-order chi connectivity index (χ0) is 15.8. The van der Waals surface area contributed by atoms with Crippen LogP contribution >= 0.6 is 0 Å². The van der Waals surface area contributed by atoms with Crippen LogP contribution in [0.3, 0.4) is 0 Å². The number of anilines is 1. The van der Waals surface area contributed by atoms with Crippen LogP contribution < -0.4 is 10.6 Å². The molecule has 1 aromatic heterocycles. The van der Waals surface area contributed by atoms with E-state index >= 15 is 0 Å². The number of aromatic nitrogens is 2. The van der Waals surface area contributed by atoms with Gasteiger partial charge in [-0.1, -0.05) is 6.92 Å². The van der Waals surface area contributed by atoms with E-state index in [1.807, 2.05) is 13.8 Å². The first-order valence-corrected chi connectivity index (χ1v) is 7.34. The van der Waals surface area contributed by atoms with Gasteiger partial charge in [-0.15, -0.1) is 0 Å². The van der Waals surface area contributed by atoms with Gasteiger partial charge in [0.05, 0.1) is 5.69 Å². The molecule has 0 saturated heterocycles. The van der Waals surface area contributed by atoms with E-state index in [9.17, 15) is 13.2 Å². The Morgan fingerprint density at radius 3 is 2.52 bits per heavy atom. The van der Waals surface area contributed by atoms with Gasteiger partial charge in [0.1, 0.15) is 12.4 Å². The predicted octanol–water partition coefficient (Wildman–Crippen LogP) is 2.54. The minimum absolute atomic E-state index is 0.0296. The Labute approximate surface area is 123 Å². The molecule has 1 fully saturated rings. The van der Waals surface area contributed by atoms with E-state index in [1.54, 1.807) is 11.7 Å². The fourth-order valence-electron chi connectivity index (χ4n) is 2.65. The summed E-state index contributed by atoms with van der Waals surface area (Å²) in [6.07, 6.45) is -1.26.